The lowest BCUT2D eigenvalue weighted by atomic mass is 10.1. The van der Waals surface area contributed by atoms with Crippen molar-refractivity contribution in [2.75, 3.05) is 13.2 Å². The Kier molecular flexibility index (Phi) is 9.46. The number of nitrogens with zero attached hydrogens (tertiary/aromatic N) is 1. The van der Waals surface area contributed by atoms with Gasteiger partial charge in [0, 0.05) is 23.1 Å². The largest absolute Gasteiger partial charge is 0.483 e. The highest BCUT2D eigenvalue weighted by Crippen LogP contribution is 2.28. The second kappa shape index (κ2) is 11.6. The molecular weight excluding hydrogens is 491 g/mol. The van der Waals surface area contributed by atoms with E-state index >= 15 is 0 Å². The Labute approximate surface area is 195 Å². The fourth-order valence-corrected chi connectivity index (χ4v) is 3.69. The molecular formula is C22H25BrCl2N2O3. The third kappa shape index (κ3) is 7.49. The Morgan fingerprint density at radius 3 is 2.43 bits per heavy atom. The molecule has 0 aromatic heterocycles. The van der Waals surface area contributed by atoms with Gasteiger partial charge >= 0.3 is 0 Å². The lowest BCUT2D eigenvalue weighted by molar-refractivity contribution is -0.142. The Morgan fingerprint density at radius 2 is 1.80 bits per heavy atom. The fourth-order valence-electron chi connectivity index (χ4n) is 2.68. The van der Waals surface area contributed by atoms with Crippen LogP contribution in [0.25, 0.3) is 0 Å². The van der Waals surface area contributed by atoms with Gasteiger partial charge in [-0.05, 0) is 64.7 Å². The van der Waals surface area contributed by atoms with Crippen LogP contribution in [0.5, 0.6) is 5.75 Å². The number of rotatable bonds is 9. The first-order valence-electron chi connectivity index (χ1n) is 9.57. The van der Waals surface area contributed by atoms with Crippen LogP contribution in [0.15, 0.2) is 46.9 Å². The minimum atomic E-state index is -0.674. The maximum atomic E-state index is 13.0. The molecule has 0 aliphatic rings. The van der Waals surface area contributed by atoms with E-state index in [9.17, 15) is 9.59 Å². The molecule has 0 heterocycles. The van der Waals surface area contributed by atoms with Crippen molar-refractivity contribution < 1.29 is 14.3 Å². The normalized spacial score (nSPS) is 11.8. The Morgan fingerprint density at radius 1 is 1.10 bits per heavy atom. The molecule has 0 aliphatic carbocycles. The van der Waals surface area contributed by atoms with Crippen molar-refractivity contribution in [3.05, 3.63) is 62.5 Å². The van der Waals surface area contributed by atoms with Crippen LogP contribution in [0.1, 0.15) is 26.3 Å². The molecule has 0 aliphatic heterocycles. The molecule has 0 bridgehead atoms. The summed E-state index contributed by atoms with van der Waals surface area (Å²) in [5, 5.41) is 4.00. The molecule has 0 spiro atoms. The highest BCUT2D eigenvalue weighted by molar-refractivity contribution is 9.10. The highest BCUT2D eigenvalue weighted by Gasteiger charge is 2.26. The summed E-state index contributed by atoms with van der Waals surface area (Å²) in [6.45, 7) is 6.28. The molecule has 2 aromatic rings. The van der Waals surface area contributed by atoms with Gasteiger partial charge in [-0.1, -0.05) is 49.2 Å². The number of halogens is 3. The van der Waals surface area contributed by atoms with Crippen molar-refractivity contribution in [1.82, 2.24) is 10.2 Å². The minimum Gasteiger partial charge on any atom is -0.483 e. The van der Waals surface area contributed by atoms with E-state index in [1.54, 1.807) is 37.3 Å². The van der Waals surface area contributed by atoms with Gasteiger partial charge in [0.05, 0.1) is 4.47 Å². The van der Waals surface area contributed by atoms with Crippen molar-refractivity contribution in [2.45, 2.75) is 33.4 Å². The van der Waals surface area contributed by atoms with E-state index in [1.807, 2.05) is 26.0 Å². The molecule has 0 saturated heterocycles. The topological polar surface area (TPSA) is 58.6 Å². The van der Waals surface area contributed by atoms with E-state index in [0.29, 0.717) is 32.7 Å². The molecule has 0 fully saturated rings. The molecule has 2 amide bonds. The van der Waals surface area contributed by atoms with Crippen LogP contribution in [-0.4, -0.2) is 35.9 Å². The van der Waals surface area contributed by atoms with Gasteiger partial charge in [-0.3, -0.25) is 9.59 Å². The van der Waals surface area contributed by atoms with Crippen LogP contribution in [-0.2, 0) is 16.1 Å². The molecule has 5 nitrogen and oxygen atoms in total. The summed E-state index contributed by atoms with van der Waals surface area (Å²) in [4.78, 5) is 27.1. The third-order valence-electron chi connectivity index (χ3n) is 4.34. The monoisotopic (exact) mass is 514 g/mol. The van der Waals surface area contributed by atoms with E-state index in [-0.39, 0.29) is 25.0 Å². The van der Waals surface area contributed by atoms with Crippen LogP contribution in [0, 0.1) is 5.92 Å². The summed E-state index contributed by atoms with van der Waals surface area (Å²) < 4.78 is 6.31. The van der Waals surface area contributed by atoms with Crippen molar-refractivity contribution in [3.8, 4) is 5.75 Å². The predicted octanol–water partition coefficient (Wildman–Crippen LogP) is 5.32. The molecule has 1 atom stereocenters. The third-order valence-corrected chi connectivity index (χ3v) is 5.43. The van der Waals surface area contributed by atoms with Crippen molar-refractivity contribution in [3.63, 3.8) is 0 Å². The van der Waals surface area contributed by atoms with Crippen molar-refractivity contribution in [1.29, 1.82) is 0 Å². The number of carbonyl (C=O) groups is 2. The quantitative estimate of drug-likeness (QED) is 0.491. The fraction of sp³-hybridized carbons (Fsp3) is 0.364. The Bertz CT molecular complexity index is 892. The van der Waals surface area contributed by atoms with E-state index < -0.39 is 6.04 Å². The molecule has 30 heavy (non-hydrogen) atoms. The molecule has 2 aromatic carbocycles. The first-order chi connectivity index (χ1) is 14.2. The van der Waals surface area contributed by atoms with Crippen LogP contribution in [0.4, 0.5) is 0 Å². The molecule has 1 N–H and O–H groups in total. The smallest absolute Gasteiger partial charge is 0.261 e. The van der Waals surface area contributed by atoms with Crippen LogP contribution < -0.4 is 10.1 Å². The van der Waals surface area contributed by atoms with E-state index in [2.05, 4.69) is 21.2 Å². The molecule has 162 valence electrons. The summed E-state index contributed by atoms with van der Waals surface area (Å²) in [7, 11) is 0. The lowest BCUT2D eigenvalue weighted by Gasteiger charge is -2.29. The van der Waals surface area contributed by atoms with Crippen LogP contribution in [0.2, 0.25) is 10.0 Å². The first kappa shape index (κ1) is 24.5. The number of hydrogen-bond acceptors (Lipinski definition) is 3. The average Bonchev–Trinajstić information content (AvgIpc) is 2.68. The van der Waals surface area contributed by atoms with E-state index in [0.717, 1.165) is 5.56 Å². The minimum absolute atomic E-state index is 0.216. The van der Waals surface area contributed by atoms with Crippen molar-refractivity contribution in [2.24, 2.45) is 5.92 Å². The number of nitrogens with one attached hydrogen (secondary N) is 1. The van der Waals surface area contributed by atoms with Crippen molar-refractivity contribution >= 4 is 50.9 Å². The lowest BCUT2D eigenvalue weighted by Crippen LogP contribution is -2.49. The van der Waals surface area contributed by atoms with Gasteiger partial charge in [-0.2, -0.15) is 0 Å². The SMILES string of the molecule is CC(C)CNC(=O)C(C)N(Cc1cccc(Cl)c1)C(=O)COc1ccc(Cl)cc1Br. The summed E-state index contributed by atoms with van der Waals surface area (Å²) in [6, 6.07) is 11.6. The second-order valence-corrected chi connectivity index (χ2v) is 9.06. The van der Waals surface area contributed by atoms with Crippen LogP contribution in [0.3, 0.4) is 0 Å². The van der Waals surface area contributed by atoms with Gasteiger partial charge in [0.15, 0.2) is 6.61 Å². The standard InChI is InChI=1S/C22H25BrCl2N2O3/c1-14(2)11-26-22(29)15(3)27(12-16-5-4-6-17(24)9-16)21(28)13-30-20-8-7-18(25)10-19(20)23/h4-10,14-15H,11-13H2,1-3H3,(H,26,29). The molecule has 0 saturated carbocycles. The first-order valence-corrected chi connectivity index (χ1v) is 11.1. The summed E-state index contributed by atoms with van der Waals surface area (Å²) in [6.07, 6.45) is 0. The Hall–Kier alpha value is -1.76. The molecule has 2 rings (SSSR count). The van der Waals surface area contributed by atoms with Gasteiger partial charge in [-0.15, -0.1) is 0 Å². The van der Waals surface area contributed by atoms with Gasteiger partial charge in [-0.25, -0.2) is 0 Å². The maximum absolute atomic E-state index is 13.0. The molecule has 0 radical (unpaired) electrons. The van der Waals surface area contributed by atoms with Gasteiger partial charge in [0.2, 0.25) is 5.91 Å². The zero-order valence-electron chi connectivity index (χ0n) is 17.1. The zero-order valence-corrected chi connectivity index (χ0v) is 20.2. The van der Waals surface area contributed by atoms with E-state index in [1.165, 1.54) is 4.90 Å². The van der Waals surface area contributed by atoms with Gasteiger partial charge in [0.1, 0.15) is 11.8 Å². The number of hydrogen-bond donors (Lipinski definition) is 1. The zero-order chi connectivity index (χ0) is 22.3. The highest BCUT2D eigenvalue weighted by atomic mass is 79.9. The summed E-state index contributed by atoms with van der Waals surface area (Å²) >= 11 is 15.4. The second-order valence-electron chi connectivity index (χ2n) is 7.33. The number of carbonyl (C=O) groups excluding carboxylic acids is 2. The number of ether oxygens (including phenoxy) is 1. The molecule has 1 unspecified atom stereocenters. The summed E-state index contributed by atoms with van der Waals surface area (Å²) in [5.41, 5.74) is 0.826. The Balaban J connectivity index is 2.15. The predicted molar refractivity (Wildman–Crippen MR) is 124 cm³/mol. The van der Waals surface area contributed by atoms with Crippen LogP contribution >= 0.6 is 39.1 Å². The number of benzene rings is 2. The maximum Gasteiger partial charge on any atom is 0.261 e. The van der Waals surface area contributed by atoms with Gasteiger partial charge in [0.25, 0.3) is 5.91 Å². The average molecular weight is 516 g/mol. The molecule has 8 heteroatoms. The summed E-state index contributed by atoms with van der Waals surface area (Å²) in [5.74, 6) is 0.270. The van der Waals surface area contributed by atoms with E-state index in [4.69, 9.17) is 27.9 Å². The number of amides is 2. The van der Waals surface area contributed by atoms with Gasteiger partial charge < -0.3 is 15.0 Å².